The highest BCUT2D eigenvalue weighted by molar-refractivity contribution is 4.60. The normalized spacial score (nSPS) is 13.4. The average Bonchev–Trinajstić information content (AvgIpc) is 1.99. The highest BCUT2D eigenvalue weighted by Crippen LogP contribution is 1.87. The van der Waals surface area contributed by atoms with Crippen molar-refractivity contribution in [2.24, 2.45) is 0 Å². The second kappa shape index (κ2) is 8.02. The van der Waals surface area contributed by atoms with E-state index in [1.165, 1.54) is 12.8 Å². The largest absolute Gasteiger partial charge is 0.317 e. The van der Waals surface area contributed by atoms with E-state index >= 15 is 0 Å². The summed E-state index contributed by atoms with van der Waals surface area (Å²) in [6.07, 6.45) is 2.46. The predicted octanol–water partition coefficient (Wildman–Crippen LogP) is 1.37. The Hall–Kier alpha value is -0.0800. The molecule has 0 radical (unpaired) electrons. The molecule has 0 amide bonds. The molecule has 2 heteroatoms. The minimum atomic E-state index is 0.657. The van der Waals surface area contributed by atoms with Gasteiger partial charge in [-0.25, -0.2) is 0 Å². The summed E-state index contributed by atoms with van der Waals surface area (Å²) in [6.45, 7) is 9.95. The topological polar surface area (TPSA) is 24.1 Å². The van der Waals surface area contributed by atoms with Gasteiger partial charge in [0.2, 0.25) is 0 Å². The van der Waals surface area contributed by atoms with Gasteiger partial charge in [0.25, 0.3) is 0 Å². The molecule has 0 aromatic heterocycles. The molecule has 1 atom stereocenters. The van der Waals surface area contributed by atoms with Gasteiger partial charge in [0.1, 0.15) is 0 Å². The van der Waals surface area contributed by atoms with Gasteiger partial charge < -0.3 is 10.6 Å². The van der Waals surface area contributed by atoms with Crippen LogP contribution in [0.3, 0.4) is 0 Å². The first kappa shape index (κ1) is 10.9. The van der Waals surface area contributed by atoms with Crippen LogP contribution in [0, 0.1) is 0 Å². The SMILES string of the molecule is CCCNCC[C@@H](C)NCC. The van der Waals surface area contributed by atoms with E-state index in [0.717, 1.165) is 19.6 Å². The molecule has 2 nitrogen and oxygen atoms in total. The number of rotatable bonds is 7. The number of nitrogens with one attached hydrogen (secondary N) is 2. The van der Waals surface area contributed by atoms with Crippen LogP contribution in [0.15, 0.2) is 0 Å². The van der Waals surface area contributed by atoms with Gasteiger partial charge in [-0.2, -0.15) is 0 Å². The molecular formula is C9H22N2. The van der Waals surface area contributed by atoms with Gasteiger partial charge in [-0.15, -0.1) is 0 Å². The van der Waals surface area contributed by atoms with E-state index in [1.807, 2.05) is 0 Å². The van der Waals surface area contributed by atoms with Crippen LogP contribution >= 0.6 is 0 Å². The molecule has 68 valence electrons. The summed E-state index contributed by atoms with van der Waals surface area (Å²) in [5.74, 6) is 0. The molecule has 0 aliphatic rings. The van der Waals surface area contributed by atoms with Gasteiger partial charge in [0, 0.05) is 6.04 Å². The third-order valence-electron chi connectivity index (χ3n) is 1.73. The van der Waals surface area contributed by atoms with Crippen molar-refractivity contribution in [3.05, 3.63) is 0 Å². The molecule has 2 N–H and O–H groups in total. The highest BCUT2D eigenvalue weighted by atomic mass is 14.9. The Labute approximate surface area is 70.8 Å². The number of hydrogen-bond donors (Lipinski definition) is 2. The molecule has 0 aromatic carbocycles. The maximum Gasteiger partial charge on any atom is 0.00506 e. The zero-order chi connectivity index (χ0) is 8.53. The van der Waals surface area contributed by atoms with Gasteiger partial charge >= 0.3 is 0 Å². The molecule has 0 bridgehead atoms. The first-order valence-electron chi connectivity index (χ1n) is 4.75. The van der Waals surface area contributed by atoms with Crippen LogP contribution in [0.1, 0.15) is 33.6 Å². The van der Waals surface area contributed by atoms with Crippen LogP contribution in [0.25, 0.3) is 0 Å². The van der Waals surface area contributed by atoms with Gasteiger partial charge in [0.05, 0.1) is 0 Å². The highest BCUT2D eigenvalue weighted by Gasteiger charge is 1.96. The third kappa shape index (κ3) is 7.82. The second-order valence-electron chi connectivity index (χ2n) is 3.00. The summed E-state index contributed by atoms with van der Waals surface area (Å²) in [4.78, 5) is 0. The lowest BCUT2D eigenvalue weighted by Gasteiger charge is -2.11. The van der Waals surface area contributed by atoms with Crippen molar-refractivity contribution in [1.82, 2.24) is 10.6 Å². The Morgan fingerprint density at radius 2 is 1.91 bits per heavy atom. The van der Waals surface area contributed by atoms with Crippen molar-refractivity contribution in [2.45, 2.75) is 39.7 Å². The Balaban J connectivity index is 2.97. The summed E-state index contributed by atoms with van der Waals surface area (Å²) in [6, 6.07) is 0.657. The first-order valence-corrected chi connectivity index (χ1v) is 4.75. The van der Waals surface area contributed by atoms with E-state index in [0.29, 0.717) is 6.04 Å². The van der Waals surface area contributed by atoms with Crippen LogP contribution < -0.4 is 10.6 Å². The third-order valence-corrected chi connectivity index (χ3v) is 1.73. The van der Waals surface area contributed by atoms with Crippen LogP contribution in [0.4, 0.5) is 0 Å². The van der Waals surface area contributed by atoms with Crippen LogP contribution in [-0.2, 0) is 0 Å². The molecule has 11 heavy (non-hydrogen) atoms. The zero-order valence-electron chi connectivity index (χ0n) is 8.11. The van der Waals surface area contributed by atoms with Crippen molar-refractivity contribution in [1.29, 1.82) is 0 Å². The van der Waals surface area contributed by atoms with Crippen LogP contribution in [0.2, 0.25) is 0 Å². The van der Waals surface area contributed by atoms with Crippen LogP contribution in [0.5, 0.6) is 0 Å². The summed E-state index contributed by atoms with van der Waals surface area (Å²) in [7, 11) is 0. The summed E-state index contributed by atoms with van der Waals surface area (Å²) in [5, 5.41) is 6.77. The van der Waals surface area contributed by atoms with Gasteiger partial charge in [-0.1, -0.05) is 13.8 Å². The molecule has 0 unspecified atom stereocenters. The van der Waals surface area contributed by atoms with E-state index in [2.05, 4.69) is 31.4 Å². The minimum absolute atomic E-state index is 0.657. The van der Waals surface area contributed by atoms with Gasteiger partial charge in [-0.05, 0) is 39.4 Å². The Morgan fingerprint density at radius 1 is 1.18 bits per heavy atom. The lowest BCUT2D eigenvalue weighted by atomic mass is 10.2. The van der Waals surface area contributed by atoms with E-state index < -0.39 is 0 Å². The van der Waals surface area contributed by atoms with Gasteiger partial charge in [0.15, 0.2) is 0 Å². The fraction of sp³-hybridized carbons (Fsp3) is 1.00. The maximum atomic E-state index is 3.38. The fourth-order valence-corrected chi connectivity index (χ4v) is 1.07. The molecule has 0 aliphatic heterocycles. The molecule has 0 saturated carbocycles. The first-order chi connectivity index (χ1) is 5.31. The van der Waals surface area contributed by atoms with E-state index in [-0.39, 0.29) is 0 Å². The molecule has 0 heterocycles. The van der Waals surface area contributed by atoms with Crippen molar-refractivity contribution in [3.8, 4) is 0 Å². The Morgan fingerprint density at radius 3 is 2.45 bits per heavy atom. The quantitative estimate of drug-likeness (QED) is 0.547. The van der Waals surface area contributed by atoms with Crippen molar-refractivity contribution in [2.75, 3.05) is 19.6 Å². The molecule has 0 fully saturated rings. The van der Waals surface area contributed by atoms with Crippen LogP contribution in [-0.4, -0.2) is 25.7 Å². The van der Waals surface area contributed by atoms with E-state index in [4.69, 9.17) is 0 Å². The molecular weight excluding hydrogens is 136 g/mol. The summed E-state index contributed by atoms with van der Waals surface area (Å²) < 4.78 is 0. The average molecular weight is 158 g/mol. The molecule has 0 saturated heterocycles. The number of hydrogen-bond acceptors (Lipinski definition) is 2. The summed E-state index contributed by atoms with van der Waals surface area (Å²) in [5.41, 5.74) is 0. The molecule has 0 aliphatic carbocycles. The monoisotopic (exact) mass is 158 g/mol. The van der Waals surface area contributed by atoms with Crippen molar-refractivity contribution < 1.29 is 0 Å². The molecule has 0 spiro atoms. The zero-order valence-corrected chi connectivity index (χ0v) is 8.11. The second-order valence-corrected chi connectivity index (χ2v) is 3.00. The lowest BCUT2D eigenvalue weighted by molar-refractivity contribution is 0.504. The van der Waals surface area contributed by atoms with Gasteiger partial charge in [-0.3, -0.25) is 0 Å². The Bertz CT molecular complexity index is 74.0. The van der Waals surface area contributed by atoms with Crippen molar-refractivity contribution >= 4 is 0 Å². The lowest BCUT2D eigenvalue weighted by Crippen LogP contribution is -2.29. The minimum Gasteiger partial charge on any atom is -0.317 e. The molecule has 0 rings (SSSR count). The Kier molecular flexibility index (Phi) is 7.96. The predicted molar refractivity (Wildman–Crippen MR) is 50.9 cm³/mol. The maximum absolute atomic E-state index is 3.38. The van der Waals surface area contributed by atoms with Crippen molar-refractivity contribution in [3.63, 3.8) is 0 Å². The van der Waals surface area contributed by atoms with E-state index in [9.17, 15) is 0 Å². The standard InChI is InChI=1S/C9H22N2/c1-4-7-10-8-6-9(3)11-5-2/h9-11H,4-8H2,1-3H3/t9-/m1/s1. The smallest absolute Gasteiger partial charge is 0.00506 e. The molecule has 0 aromatic rings. The van der Waals surface area contributed by atoms with E-state index in [1.54, 1.807) is 0 Å². The summed E-state index contributed by atoms with van der Waals surface area (Å²) >= 11 is 0. The fourth-order valence-electron chi connectivity index (χ4n) is 1.07.